The van der Waals surface area contributed by atoms with Crippen LogP contribution in [-0.4, -0.2) is 36.1 Å². The highest BCUT2D eigenvalue weighted by Gasteiger charge is 2.30. The minimum atomic E-state index is 0.231. The number of nitrogens with zero attached hydrogens (tertiary/aromatic N) is 2. The zero-order chi connectivity index (χ0) is 17.8. The largest absolute Gasteiger partial charge is 0.314 e. The molecule has 1 saturated heterocycles. The Morgan fingerprint density at radius 1 is 1.12 bits per heavy atom. The fourth-order valence-electron chi connectivity index (χ4n) is 3.72. The number of rotatable bonds is 1. The number of fused-ring (bicyclic) bond motifs is 2. The van der Waals surface area contributed by atoms with Gasteiger partial charge in [-0.25, -0.2) is 0 Å². The Bertz CT molecular complexity index is 675. The van der Waals surface area contributed by atoms with Gasteiger partial charge < -0.3 is 5.32 Å². The molecule has 0 amide bonds. The molecule has 1 fully saturated rings. The minimum Gasteiger partial charge on any atom is -0.314 e. The summed E-state index contributed by atoms with van der Waals surface area (Å²) in [5.41, 5.74) is 5.27. The van der Waals surface area contributed by atoms with Crippen molar-refractivity contribution in [2.24, 2.45) is 0 Å². The predicted octanol–water partition coefficient (Wildman–Crippen LogP) is 4.62. The molecule has 1 aromatic carbocycles. The lowest BCUT2D eigenvalue weighted by Crippen LogP contribution is -2.45. The molecule has 1 aliphatic carbocycles. The molecule has 2 aliphatic rings. The molecule has 0 radical (unpaired) electrons. The molecule has 1 aromatic heterocycles. The fourth-order valence-corrected chi connectivity index (χ4v) is 4.30. The van der Waals surface area contributed by atoms with Crippen molar-refractivity contribution in [2.75, 3.05) is 26.2 Å². The Morgan fingerprint density at radius 3 is 2.60 bits per heavy atom. The molecule has 5 heteroatoms. The van der Waals surface area contributed by atoms with E-state index in [1.807, 2.05) is 26.1 Å². The molecule has 1 atom stereocenters. The number of aromatic nitrogens is 1. The molecule has 0 saturated carbocycles. The molecule has 134 valence electrons. The van der Waals surface area contributed by atoms with E-state index < -0.39 is 0 Å². The van der Waals surface area contributed by atoms with Crippen molar-refractivity contribution in [1.82, 2.24) is 15.2 Å². The summed E-state index contributed by atoms with van der Waals surface area (Å²) in [6.45, 7) is 8.16. The quantitative estimate of drug-likeness (QED) is 0.727. The van der Waals surface area contributed by atoms with Gasteiger partial charge in [0.05, 0.1) is 11.7 Å². The number of hydrogen-bond acceptors (Lipinski definition) is 3. The van der Waals surface area contributed by atoms with Crippen molar-refractivity contribution >= 4 is 27.5 Å². The first-order valence-electron chi connectivity index (χ1n) is 9.10. The normalized spacial score (nSPS) is 19.9. The molecule has 3 nitrogen and oxygen atoms in total. The fraction of sp³-hybridized carbons (Fsp3) is 0.450. The molecule has 0 bridgehead atoms. The summed E-state index contributed by atoms with van der Waals surface area (Å²) >= 11 is 9.82. The number of aryl methyl sites for hydroxylation is 2. The average molecular weight is 423 g/mol. The van der Waals surface area contributed by atoms with Crippen molar-refractivity contribution in [3.8, 4) is 0 Å². The lowest BCUT2D eigenvalue weighted by molar-refractivity contribution is 0.195. The Labute approximate surface area is 163 Å². The van der Waals surface area contributed by atoms with Crippen molar-refractivity contribution in [3.63, 3.8) is 0 Å². The number of hydrogen-bond donors (Lipinski definition) is 1. The lowest BCUT2D eigenvalue weighted by atomic mass is 9.96. The molecular formula is C20H25BrClN3. The Hall–Kier alpha value is -0.940. The first-order chi connectivity index (χ1) is 12.2. The third kappa shape index (κ3) is 4.08. The molecule has 1 unspecified atom stereocenters. The highest BCUT2D eigenvalue weighted by atomic mass is 79.9. The molecule has 1 N–H and O–H groups in total. The predicted molar refractivity (Wildman–Crippen MR) is 108 cm³/mol. The molecular weight excluding hydrogens is 398 g/mol. The minimum absolute atomic E-state index is 0.231. The van der Waals surface area contributed by atoms with Crippen molar-refractivity contribution in [3.05, 3.63) is 62.3 Å². The maximum atomic E-state index is 6.25. The van der Waals surface area contributed by atoms with Crippen LogP contribution in [0.2, 0.25) is 5.02 Å². The number of halogens is 2. The van der Waals surface area contributed by atoms with E-state index in [4.69, 9.17) is 16.6 Å². The van der Waals surface area contributed by atoms with Crippen LogP contribution in [0.3, 0.4) is 0 Å². The number of pyridine rings is 1. The second kappa shape index (κ2) is 8.63. The summed E-state index contributed by atoms with van der Waals surface area (Å²) in [5, 5.41) is 4.27. The SMILES string of the molecule is CC.Clc1ccc2c(c1)CCc1cc(Br)cnc1C2N1CCNCC1. The molecule has 1 aliphatic heterocycles. The van der Waals surface area contributed by atoms with E-state index in [2.05, 4.69) is 44.3 Å². The maximum absolute atomic E-state index is 6.25. The van der Waals surface area contributed by atoms with Crippen LogP contribution in [0.15, 0.2) is 34.9 Å². The maximum Gasteiger partial charge on any atom is 0.0782 e. The highest BCUT2D eigenvalue weighted by molar-refractivity contribution is 9.10. The van der Waals surface area contributed by atoms with Crippen LogP contribution < -0.4 is 5.32 Å². The molecule has 0 spiro atoms. The van der Waals surface area contributed by atoms with E-state index in [1.54, 1.807) is 0 Å². The van der Waals surface area contributed by atoms with Crippen molar-refractivity contribution < 1.29 is 0 Å². The van der Waals surface area contributed by atoms with Gasteiger partial charge in [0.15, 0.2) is 0 Å². The van der Waals surface area contributed by atoms with Gasteiger partial charge in [0.25, 0.3) is 0 Å². The lowest BCUT2D eigenvalue weighted by Gasteiger charge is -2.35. The second-order valence-corrected chi connectivity index (χ2v) is 7.58. The molecule has 25 heavy (non-hydrogen) atoms. The Morgan fingerprint density at radius 2 is 1.84 bits per heavy atom. The van der Waals surface area contributed by atoms with Gasteiger partial charge in [-0.15, -0.1) is 0 Å². The van der Waals surface area contributed by atoms with Crippen LogP contribution in [-0.2, 0) is 12.8 Å². The monoisotopic (exact) mass is 421 g/mol. The van der Waals surface area contributed by atoms with E-state index >= 15 is 0 Å². The van der Waals surface area contributed by atoms with Gasteiger partial charge in [0.1, 0.15) is 0 Å². The van der Waals surface area contributed by atoms with E-state index in [-0.39, 0.29) is 6.04 Å². The van der Waals surface area contributed by atoms with Crippen molar-refractivity contribution in [2.45, 2.75) is 32.7 Å². The highest BCUT2D eigenvalue weighted by Crippen LogP contribution is 2.37. The number of piperazine rings is 1. The van der Waals surface area contributed by atoms with Gasteiger partial charge in [0.2, 0.25) is 0 Å². The van der Waals surface area contributed by atoms with Gasteiger partial charge in [-0.3, -0.25) is 9.88 Å². The van der Waals surface area contributed by atoms with Gasteiger partial charge in [-0.1, -0.05) is 31.5 Å². The summed E-state index contributed by atoms with van der Waals surface area (Å²) < 4.78 is 1.05. The third-order valence-corrected chi connectivity index (χ3v) is 5.48. The number of nitrogens with one attached hydrogen (secondary N) is 1. The van der Waals surface area contributed by atoms with E-state index in [9.17, 15) is 0 Å². The summed E-state index contributed by atoms with van der Waals surface area (Å²) in [6.07, 6.45) is 3.95. The van der Waals surface area contributed by atoms with Crippen LogP contribution >= 0.6 is 27.5 Å². The molecule has 2 aromatic rings. The topological polar surface area (TPSA) is 28.2 Å². The molecule has 4 rings (SSSR count). The van der Waals surface area contributed by atoms with Crippen LogP contribution in [0.25, 0.3) is 0 Å². The van der Waals surface area contributed by atoms with Crippen LogP contribution in [0, 0.1) is 0 Å². The summed E-state index contributed by atoms with van der Waals surface area (Å²) in [4.78, 5) is 7.36. The van der Waals surface area contributed by atoms with Gasteiger partial charge >= 0.3 is 0 Å². The third-order valence-electron chi connectivity index (χ3n) is 4.81. The zero-order valence-corrected chi connectivity index (χ0v) is 17.2. The Kier molecular flexibility index (Phi) is 6.50. The van der Waals surface area contributed by atoms with Crippen LogP contribution in [0.5, 0.6) is 0 Å². The standard InChI is InChI=1S/C18H19BrClN3.C2H6/c19-14-9-13-2-1-12-10-15(20)3-4-16(12)18(17(13)22-11-14)23-7-5-21-6-8-23;1-2/h3-4,9-11,18,21H,1-2,5-8H2;1-2H3. The summed E-state index contributed by atoms with van der Waals surface area (Å²) in [7, 11) is 0. The van der Waals surface area contributed by atoms with Gasteiger partial charge in [-0.2, -0.15) is 0 Å². The Balaban J connectivity index is 0.000000880. The second-order valence-electron chi connectivity index (χ2n) is 6.23. The van der Waals surface area contributed by atoms with Gasteiger partial charge in [-0.05, 0) is 63.7 Å². The van der Waals surface area contributed by atoms with Gasteiger partial charge in [0, 0.05) is 41.9 Å². The molecule has 2 heterocycles. The first kappa shape index (κ1) is 18.8. The zero-order valence-electron chi connectivity index (χ0n) is 14.9. The average Bonchev–Trinajstić information content (AvgIpc) is 2.80. The first-order valence-corrected chi connectivity index (χ1v) is 10.3. The van der Waals surface area contributed by atoms with E-state index in [1.165, 1.54) is 22.4 Å². The van der Waals surface area contributed by atoms with E-state index in [0.29, 0.717) is 0 Å². The van der Waals surface area contributed by atoms with Crippen LogP contribution in [0.1, 0.15) is 42.3 Å². The summed E-state index contributed by atoms with van der Waals surface area (Å²) in [5.74, 6) is 0. The van der Waals surface area contributed by atoms with Crippen molar-refractivity contribution in [1.29, 1.82) is 0 Å². The smallest absolute Gasteiger partial charge is 0.0782 e. The summed E-state index contributed by atoms with van der Waals surface area (Å²) in [6, 6.07) is 8.80. The van der Waals surface area contributed by atoms with Crippen LogP contribution in [0.4, 0.5) is 0 Å². The number of benzene rings is 1. The van der Waals surface area contributed by atoms with E-state index in [0.717, 1.165) is 48.5 Å².